The average molecular weight is 302 g/mol. The number of aliphatic hydroxyl groups is 4. The number of aromatic nitrogens is 2. The van der Waals surface area contributed by atoms with Gasteiger partial charge < -0.3 is 30.9 Å². The van der Waals surface area contributed by atoms with Crippen molar-refractivity contribution in [3.05, 3.63) is 10.4 Å². The molecule has 0 aromatic carbocycles. The summed E-state index contributed by atoms with van der Waals surface area (Å²) in [5.41, 5.74) is 4.70. The van der Waals surface area contributed by atoms with E-state index < -0.39 is 30.5 Å². The maximum absolute atomic E-state index is 12.0. The second-order valence-corrected chi connectivity index (χ2v) is 4.21. The molecule has 0 fully saturated rings. The van der Waals surface area contributed by atoms with Crippen molar-refractivity contribution in [2.45, 2.75) is 18.3 Å². The van der Waals surface area contributed by atoms with Gasteiger partial charge in [-0.25, -0.2) is 4.99 Å². The van der Waals surface area contributed by atoms with Crippen LogP contribution in [0.4, 0.5) is 11.5 Å². The summed E-state index contributed by atoms with van der Waals surface area (Å²) in [6, 6.07) is -0.00673. The van der Waals surface area contributed by atoms with Crippen LogP contribution in [0.15, 0.2) is 9.79 Å². The van der Waals surface area contributed by atoms with Gasteiger partial charge in [-0.2, -0.15) is 4.98 Å². The third-order valence-electron chi connectivity index (χ3n) is 2.72. The van der Waals surface area contributed by atoms with E-state index >= 15 is 0 Å². The standard InChI is InChI=1S/C11H18N4O6/c1-15-10(20)7(9(12)14-11(15)21-2)13-3-5(17)8(19)6(18)4-16/h3,5-6,8,16-19H,4,12H2,1-2H3/t5-,6-,8+/m1/s1. The molecule has 0 spiro atoms. The van der Waals surface area contributed by atoms with E-state index in [2.05, 4.69) is 9.98 Å². The Labute approximate surface area is 119 Å². The molecule has 3 atom stereocenters. The highest BCUT2D eigenvalue weighted by molar-refractivity contribution is 5.71. The van der Waals surface area contributed by atoms with Crippen LogP contribution in [0.2, 0.25) is 0 Å². The van der Waals surface area contributed by atoms with E-state index in [1.165, 1.54) is 14.2 Å². The SMILES string of the molecule is COc1nc(N)c(N=C[C@@H](O)[C@H](O)[C@H](O)CO)c(=O)n1C. The number of aliphatic imine (C=N–C) groups is 1. The van der Waals surface area contributed by atoms with Crippen molar-refractivity contribution in [1.29, 1.82) is 0 Å². The van der Waals surface area contributed by atoms with Gasteiger partial charge in [0.05, 0.1) is 13.7 Å². The van der Waals surface area contributed by atoms with E-state index in [1.807, 2.05) is 0 Å². The van der Waals surface area contributed by atoms with Gasteiger partial charge in [-0.15, -0.1) is 0 Å². The minimum Gasteiger partial charge on any atom is -0.468 e. The molecule has 0 unspecified atom stereocenters. The van der Waals surface area contributed by atoms with Crippen LogP contribution < -0.4 is 16.0 Å². The van der Waals surface area contributed by atoms with Gasteiger partial charge in [0.15, 0.2) is 11.5 Å². The van der Waals surface area contributed by atoms with Gasteiger partial charge in [0.2, 0.25) is 0 Å². The fourth-order valence-corrected chi connectivity index (χ4v) is 1.46. The largest absolute Gasteiger partial charge is 0.468 e. The number of ether oxygens (including phenoxy) is 1. The number of methoxy groups -OCH3 is 1. The van der Waals surface area contributed by atoms with Gasteiger partial charge in [-0.05, 0) is 0 Å². The van der Waals surface area contributed by atoms with Crippen LogP contribution in [0.1, 0.15) is 0 Å². The third-order valence-corrected chi connectivity index (χ3v) is 2.72. The predicted octanol–water partition coefficient (Wildman–Crippen LogP) is -2.85. The topological polar surface area (TPSA) is 163 Å². The predicted molar refractivity (Wildman–Crippen MR) is 73.7 cm³/mol. The lowest BCUT2D eigenvalue weighted by atomic mass is 10.1. The Morgan fingerprint density at radius 1 is 1.48 bits per heavy atom. The minimum absolute atomic E-state index is 0.00673. The molecule has 118 valence electrons. The zero-order chi connectivity index (χ0) is 16.2. The van der Waals surface area contributed by atoms with Crippen LogP contribution in [0, 0.1) is 0 Å². The molecule has 0 saturated carbocycles. The van der Waals surface area contributed by atoms with Gasteiger partial charge in [-0.3, -0.25) is 9.36 Å². The number of nitrogens with zero attached hydrogens (tertiary/aromatic N) is 3. The molecule has 0 aliphatic rings. The fourth-order valence-electron chi connectivity index (χ4n) is 1.46. The Bertz CT molecular complexity index is 573. The molecule has 10 nitrogen and oxygen atoms in total. The first-order valence-corrected chi connectivity index (χ1v) is 5.93. The van der Waals surface area contributed by atoms with Crippen LogP contribution in [-0.4, -0.2) is 68.2 Å². The highest BCUT2D eigenvalue weighted by Gasteiger charge is 2.23. The summed E-state index contributed by atoms with van der Waals surface area (Å²) in [6.07, 6.45) is -3.97. The molecule has 0 bridgehead atoms. The first-order valence-electron chi connectivity index (χ1n) is 5.93. The van der Waals surface area contributed by atoms with Crippen molar-refractivity contribution in [3.8, 4) is 6.01 Å². The lowest BCUT2D eigenvalue weighted by molar-refractivity contribution is -0.0541. The molecule has 0 radical (unpaired) electrons. The number of anilines is 1. The summed E-state index contributed by atoms with van der Waals surface area (Å²) < 4.78 is 5.91. The van der Waals surface area contributed by atoms with E-state index in [1.54, 1.807) is 0 Å². The molecule has 0 amide bonds. The van der Waals surface area contributed by atoms with Crippen LogP contribution in [-0.2, 0) is 7.05 Å². The molecule has 0 saturated heterocycles. The molecular weight excluding hydrogens is 284 g/mol. The van der Waals surface area contributed by atoms with E-state index in [0.29, 0.717) is 0 Å². The van der Waals surface area contributed by atoms with E-state index in [0.717, 1.165) is 10.8 Å². The Morgan fingerprint density at radius 3 is 2.62 bits per heavy atom. The van der Waals surface area contributed by atoms with Gasteiger partial charge in [0, 0.05) is 13.3 Å². The van der Waals surface area contributed by atoms with Gasteiger partial charge in [0.25, 0.3) is 5.56 Å². The number of rotatable bonds is 6. The first-order chi connectivity index (χ1) is 9.83. The summed E-state index contributed by atoms with van der Waals surface area (Å²) in [5, 5.41) is 36.8. The Morgan fingerprint density at radius 2 is 2.10 bits per heavy atom. The third kappa shape index (κ3) is 3.76. The maximum Gasteiger partial charge on any atom is 0.300 e. The lowest BCUT2D eigenvalue weighted by Gasteiger charge is -2.18. The van der Waals surface area contributed by atoms with Crippen molar-refractivity contribution in [1.82, 2.24) is 9.55 Å². The molecular formula is C11H18N4O6. The summed E-state index contributed by atoms with van der Waals surface area (Å²) in [7, 11) is 2.72. The number of nitrogens with two attached hydrogens (primary N) is 1. The maximum atomic E-state index is 12.0. The Hall–Kier alpha value is -2.01. The van der Waals surface area contributed by atoms with Crippen LogP contribution in [0.3, 0.4) is 0 Å². The molecule has 1 aromatic heterocycles. The van der Waals surface area contributed by atoms with Crippen LogP contribution in [0.5, 0.6) is 6.01 Å². The van der Waals surface area contributed by atoms with Gasteiger partial charge in [0.1, 0.15) is 18.3 Å². The molecule has 0 aliphatic heterocycles. The fraction of sp³-hybridized carbons (Fsp3) is 0.545. The second-order valence-electron chi connectivity index (χ2n) is 4.21. The van der Waals surface area contributed by atoms with Crippen molar-refractivity contribution < 1.29 is 25.2 Å². The monoisotopic (exact) mass is 302 g/mol. The molecule has 10 heteroatoms. The second kappa shape index (κ2) is 7.13. The summed E-state index contributed by atoms with van der Waals surface area (Å²) in [5.74, 6) is -0.212. The van der Waals surface area contributed by atoms with Crippen molar-refractivity contribution in [3.63, 3.8) is 0 Å². The highest BCUT2D eigenvalue weighted by atomic mass is 16.5. The van der Waals surface area contributed by atoms with E-state index in [4.69, 9.17) is 15.6 Å². The van der Waals surface area contributed by atoms with E-state index in [9.17, 15) is 20.1 Å². The summed E-state index contributed by atoms with van der Waals surface area (Å²) >= 11 is 0. The van der Waals surface area contributed by atoms with Gasteiger partial charge >= 0.3 is 6.01 Å². The molecule has 1 aromatic rings. The summed E-state index contributed by atoms with van der Waals surface area (Å²) in [4.78, 5) is 19.4. The van der Waals surface area contributed by atoms with Crippen LogP contribution in [0.25, 0.3) is 0 Å². The zero-order valence-electron chi connectivity index (χ0n) is 11.5. The first kappa shape index (κ1) is 17.0. The van der Waals surface area contributed by atoms with Crippen LogP contribution >= 0.6 is 0 Å². The number of nitrogen functional groups attached to an aromatic ring is 1. The molecule has 1 heterocycles. The lowest BCUT2D eigenvalue weighted by Crippen LogP contribution is -2.40. The average Bonchev–Trinajstić information content (AvgIpc) is 2.48. The van der Waals surface area contributed by atoms with Gasteiger partial charge in [-0.1, -0.05) is 0 Å². The number of hydrogen-bond donors (Lipinski definition) is 5. The highest BCUT2D eigenvalue weighted by Crippen LogP contribution is 2.17. The molecule has 21 heavy (non-hydrogen) atoms. The molecule has 1 rings (SSSR count). The molecule has 6 N–H and O–H groups in total. The van der Waals surface area contributed by atoms with Crippen molar-refractivity contribution >= 4 is 17.7 Å². The zero-order valence-corrected chi connectivity index (χ0v) is 11.5. The smallest absolute Gasteiger partial charge is 0.300 e. The van der Waals surface area contributed by atoms with Crippen molar-refractivity contribution in [2.24, 2.45) is 12.0 Å². The van der Waals surface area contributed by atoms with E-state index in [-0.39, 0.29) is 17.5 Å². The Kier molecular flexibility index (Phi) is 5.79. The Balaban J connectivity index is 3.06. The number of hydrogen-bond acceptors (Lipinski definition) is 9. The normalized spacial score (nSPS) is 15.9. The minimum atomic E-state index is -1.66. The number of aliphatic hydroxyl groups excluding tert-OH is 4. The quantitative estimate of drug-likeness (QED) is 0.350. The molecule has 0 aliphatic carbocycles. The van der Waals surface area contributed by atoms with Crippen molar-refractivity contribution in [2.75, 3.05) is 19.5 Å². The summed E-state index contributed by atoms with van der Waals surface area (Å²) in [6.45, 7) is -0.736.